The third-order valence-electron chi connectivity index (χ3n) is 6.65. The van der Waals surface area contributed by atoms with Crippen LogP contribution in [0.4, 0.5) is 0 Å². The fourth-order valence-corrected chi connectivity index (χ4v) is 38.7. The summed E-state index contributed by atoms with van der Waals surface area (Å²) in [4.78, 5) is 5.45. The summed E-state index contributed by atoms with van der Waals surface area (Å²) in [5, 5.41) is 5.89. The molecule has 4 aromatic rings. The number of hydrogen-bond donors (Lipinski definition) is 0. The van der Waals surface area contributed by atoms with Gasteiger partial charge in [0, 0.05) is 0 Å². The minimum atomic E-state index is -1.90. The fourth-order valence-electron chi connectivity index (χ4n) is 4.80. The molecule has 0 amide bonds. The molecule has 0 fully saturated rings. The first kappa shape index (κ1) is 34.1. The van der Waals surface area contributed by atoms with E-state index >= 15 is 0 Å². The molecule has 0 aliphatic carbocycles. The van der Waals surface area contributed by atoms with Gasteiger partial charge in [-0.2, -0.15) is 0 Å². The summed E-state index contributed by atoms with van der Waals surface area (Å²) < 4.78 is -3.79. The number of benzene rings is 4. The van der Waals surface area contributed by atoms with E-state index in [2.05, 4.69) is 122 Å². The standard InChI is InChI=1S/C30H32P2S4.2Au.2ClH/c1-33-27-17-9-5-13-23(27)31(24-14-6-10-18-28(24)34-2)21-22-32(25-15-7-11-19-29(25)35-3)26-16-8-12-20-30(26)36-4;;;;/h5-20H,21-22H2,1-4H3;;;2*1H/q;2*+1;;/p-2. The second-order valence-corrected chi connectivity index (χ2v) is 34.7. The van der Waals surface area contributed by atoms with Gasteiger partial charge >= 0.3 is 285 Å². The normalized spacial score (nSPS) is 12.2. The van der Waals surface area contributed by atoms with Gasteiger partial charge in [0.1, 0.15) is 0 Å². The van der Waals surface area contributed by atoms with Crippen molar-refractivity contribution in [3.8, 4) is 0 Å². The van der Waals surface area contributed by atoms with E-state index in [-0.39, 0.29) is 0 Å². The summed E-state index contributed by atoms with van der Waals surface area (Å²) >= 11 is 6.41. The number of hydrogen-bond acceptors (Lipinski definition) is 4. The molecular formula is C30H32Au2Cl2P2S4. The molecule has 4 aromatic carbocycles. The van der Waals surface area contributed by atoms with E-state index in [1.807, 2.05) is 47.0 Å². The molecule has 0 saturated heterocycles. The zero-order chi connectivity index (χ0) is 28.6. The van der Waals surface area contributed by atoms with E-state index in [0.29, 0.717) is 0 Å². The van der Waals surface area contributed by atoms with Crippen LogP contribution < -0.4 is 21.2 Å². The van der Waals surface area contributed by atoms with Crippen LogP contribution in [0.1, 0.15) is 0 Å². The first-order valence-electron chi connectivity index (χ1n) is 12.3. The molecule has 0 nitrogen and oxygen atoms in total. The zero-order valence-corrected chi connectivity index (χ0v) is 33.4. The Morgan fingerprint density at radius 1 is 0.450 bits per heavy atom. The average molecular weight is 1050 g/mol. The van der Waals surface area contributed by atoms with Crippen LogP contribution in [0.3, 0.4) is 0 Å². The third kappa shape index (κ3) is 7.03. The van der Waals surface area contributed by atoms with Crippen LogP contribution in [0, 0.1) is 0 Å². The molecule has 0 aliphatic rings. The van der Waals surface area contributed by atoms with Crippen LogP contribution in [0.2, 0.25) is 0 Å². The first-order valence-corrected chi connectivity index (χ1v) is 32.0. The van der Waals surface area contributed by atoms with E-state index in [1.54, 1.807) is 0 Å². The predicted molar refractivity (Wildman–Crippen MR) is 187 cm³/mol. The molecule has 4 rings (SSSR count). The van der Waals surface area contributed by atoms with E-state index in [1.165, 1.54) is 40.8 Å². The Bertz CT molecular complexity index is 1360. The molecule has 0 heterocycles. The van der Waals surface area contributed by atoms with Gasteiger partial charge in [-0.15, -0.1) is 0 Å². The molecular weight excluding hydrogens is 1020 g/mol. The van der Waals surface area contributed by atoms with Gasteiger partial charge in [-0.25, -0.2) is 0 Å². The fraction of sp³-hybridized carbons (Fsp3) is 0.200. The summed E-state index contributed by atoms with van der Waals surface area (Å²) in [5.41, 5.74) is 0. The maximum absolute atomic E-state index is 7.34. The van der Waals surface area contributed by atoms with Crippen LogP contribution in [-0.2, 0) is 35.3 Å². The molecule has 0 atom stereocenters. The van der Waals surface area contributed by atoms with Crippen molar-refractivity contribution in [3.05, 3.63) is 97.1 Å². The average Bonchev–Trinajstić information content (AvgIpc) is 3.04. The molecule has 0 saturated carbocycles. The van der Waals surface area contributed by atoms with E-state index in [4.69, 9.17) is 18.4 Å². The van der Waals surface area contributed by atoms with E-state index < -0.39 is 44.7 Å². The zero-order valence-electron chi connectivity index (χ0n) is 22.5. The third-order valence-corrected chi connectivity index (χ3v) is 38.7. The number of halogens is 2. The monoisotopic (exact) mass is 1050 g/mol. The summed E-state index contributed by atoms with van der Waals surface area (Å²) in [6, 6.07) is 36.1. The Kier molecular flexibility index (Phi) is 14.1. The Balaban J connectivity index is 2.03. The van der Waals surface area contributed by atoms with Crippen LogP contribution in [0.5, 0.6) is 0 Å². The Hall–Kier alpha value is 1.20. The van der Waals surface area contributed by atoms with Crippen molar-refractivity contribution in [1.82, 2.24) is 0 Å². The van der Waals surface area contributed by atoms with Gasteiger partial charge in [0.2, 0.25) is 0 Å². The van der Waals surface area contributed by atoms with Gasteiger partial charge < -0.3 is 0 Å². The first-order chi connectivity index (χ1) is 19.5. The van der Waals surface area contributed by atoms with Crippen molar-refractivity contribution < 1.29 is 35.3 Å². The predicted octanol–water partition coefficient (Wildman–Crippen LogP) is 9.51. The summed E-state index contributed by atoms with van der Waals surface area (Å²) in [5.74, 6) is 0. The molecule has 0 aliphatic heterocycles. The van der Waals surface area contributed by atoms with Crippen LogP contribution in [0.15, 0.2) is 117 Å². The van der Waals surface area contributed by atoms with E-state index in [9.17, 15) is 0 Å². The van der Waals surface area contributed by atoms with Gasteiger partial charge in [-0.1, -0.05) is 0 Å². The quantitative estimate of drug-likeness (QED) is 0.0835. The maximum atomic E-state index is 7.34. The summed E-state index contributed by atoms with van der Waals surface area (Å²) in [6.07, 6.45) is 10.9. The van der Waals surface area contributed by atoms with Crippen molar-refractivity contribution >= 4 is 96.0 Å². The summed E-state index contributed by atoms with van der Waals surface area (Å²) in [6.45, 7) is 0. The Labute approximate surface area is 281 Å². The number of thioether (sulfide) groups is 4. The van der Waals surface area contributed by atoms with Crippen molar-refractivity contribution in [1.29, 1.82) is 0 Å². The molecule has 0 bridgehead atoms. The molecule has 40 heavy (non-hydrogen) atoms. The van der Waals surface area contributed by atoms with Gasteiger partial charge in [-0.05, 0) is 0 Å². The molecule has 0 N–H and O–H groups in total. The van der Waals surface area contributed by atoms with Gasteiger partial charge in [0.05, 0.1) is 0 Å². The molecule has 0 spiro atoms. The van der Waals surface area contributed by atoms with Crippen LogP contribution >= 0.6 is 74.8 Å². The number of rotatable bonds is 11. The minimum absolute atomic E-state index is 0.494. The van der Waals surface area contributed by atoms with Crippen molar-refractivity contribution in [3.63, 3.8) is 0 Å². The van der Waals surface area contributed by atoms with Crippen LogP contribution in [0.25, 0.3) is 0 Å². The second-order valence-electron chi connectivity index (χ2n) is 8.55. The van der Waals surface area contributed by atoms with Crippen LogP contribution in [-0.4, -0.2) is 37.3 Å². The Morgan fingerprint density at radius 3 is 0.875 bits per heavy atom. The van der Waals surface area contributed by atoms with Crippen molar-refractivity contribution in [2.24, 2.45) is 0 Å². The molecule has 222 valence electrons. The van der Waals surface area contributed by atoms with Gasteiger partial charge in [-0.3, -0.25) is 0 Å². The molecule has 10 heteroatoms. The van der Waals surface area contributed by atoms with Gasteiger partial charge in [0.15, 0.2) is 0 Å². The van der Waals surface area contributed by atoms with Gasteiger partial charge in [0.25, 0.3) is 0 Å². The SMILES string of the molecule is CSc1ccccc1[P](CC[P](=[Au][Cl])(c1ccccc1SC)c1ccccc1SC)(=[Au][Cl])c1ccccc1SC. The van der Waals surface area contributed by atoms with E-state index in [0.717, 1.165) is 12.3 Å². The molecule has 0 aromatic heterocycles. The van der Waals surface area contributed by atoms with Crippen molar-refractivity contribution in [2.75, 3.05) is 37.3 Å². The Morgan fingerprint density at radius 2 is 0.675 bits per heavy atom. The molecule has 0 unspecified atom stereocenters. The molecule has 0 radical (unpaired) electrons. The van der Waals surface area contributed by atoms with Crippen molar-refractivity contribution in [2.45, 2.75) is 19.6 Å². The second kappa shape index (κ2) is 16.5. The summed E-state index contributed by atoms with van der Waals surface area (Å²) in [7, 11) is 14.7. The topological polar surface area (TPSA) is 0 Å².